The van der Waals surface area contributed by atoms with Crippen molar-refractivity contribution >= 4 is 23.8 Å². The third-order valence-electron chi connectivity index (χ3n) is 2.65. The molecule has 14 heavy (non-hydrogen) atoms. The predicted molar refractivity (Wildman–Crippen MR) is 55.3 cm³/mol. The minimum absolute atomic E-state index is 0.0227. The number of carbonyl (C=O) groups excluding carboxylic acids is 2. The van der Waals surface area contributed by atoms with Crippen molar-refractivity contribution in [3.05, 3.63) is 0 Å². The number of aldehydes is 1. The summed E-state index contributed by atoms with van der Waals surface area (Å²) in [5.41, 5.74) is 0. The molecule has 1 fully saturated rings. The molecule has 0 aromatic rings. The van der Waals surface area contributed by atoms with Gasteiger partial charge in [0, 0.05) is 24.3 Å². The van der Waals surface area contributed by atoms with Crippen molar-refractivity contribution < 1.29 is 9.59 Å². The summed E-state index contributed by atoms with van der Waals surface area (Å²) in [5, 5.41) is 2.93. The monoisotopic (exact) mass is 217 g/mol. The molecule has 1 amide bonds. The van der Waals surface area contributed by atoms with Crippen LogP contribution in [0.3, 0.4) is 0 Å². The van der Waals surface area contributed by atoms with Crippen LogP contribution >= 0.6 is 11.6 Å². The number of hydrogen-bond donors (Lipinski definition) is 1. The summed E-state index contributed by atoms with van der Waals surface area (Å²) in [5.74, 6) is 0.598. The largest absolute Gasteiger partial charge is 0.353 e. The Labute approximate surface area is 89.2 Å². The van der Waals surface area contributed by atoms with E-state index in [4.69, 9.17) is 11.6 Å². The van der Waals surface area contributed by atoms with E-state index < -0.39 is 0 Å². The maximum atomic E-state index is 11.2. The van der Waals surface area contributed by atoms with Gasteiger partial charge in [0.1, 0.15) is 6.29 Å². The molecule has 0 atom stereocenters. The summed E-state index contributed by atoms with van der Waals surface area (Å²) < 4.78 is 0. The smallest absolute Gasteiger partial charge is 0.221 e. The molecule has 0 spiro atoms. The highest BCUT2D eigenvalue weighted by Gasteiger charge is 2.21. The first-order valence-electron chi connectivity index (χ1n) is 5.07. The van der Waals surface area contributed by atoms with Crippen molar-refractivity contribution in [2.45, 2.75) is 38.1 Å². The van der Waals surface area contributed by atoms with Crippen LogP contribution in [0.1, 0.15) is 32.1 Å². The number of rotatable bonds is 4. The fourth-order valence-corrected chi connectivity index (χ4v) is 1.96. The number of nitrogens with one attached hydrogen (secondary N) is 1. The van der Waals surface area contributed by atoms with Gasteiger partial charge in [-0.05, 0) is 25.7 Å². The number of alkyl halides is 1. The topological polar surface area (TPSA) is 46.2 Å². The van der Waals surface area contributed by atoms with Gasteiger partial charge < -0.3 is 10.1 Å². The molecule has 4 heteroatoms. The van der Waals surface area contributed by atoms with Crippen molar-refractivity contribution in [2.24, 2.45) is 5.92 Å². The van der Waals surface area contributed by atoms with Crippen LogP contribution < -0.4 is 5.32 Å². The van der Waals surface area contributed by atoms with Gasteiger partial charge in [-0.1, -0.05) is 0 Å². The highest BCUT2D eigenvalue weighted by molar-refractivity contribution is 6.18. The molecule has 1 aliphatic carbocycles. The van der Waals surface area contributed by atoms with Crippen molar-refractivity contribution in [3.8, 4) is 0 Å². The summed E-state index contributed by atoms with van der Waals surface area (Å²) in [6, 6.07) is 0.252. The van der Waals surface area contributed by atoms with Gasteiger partial charge in [0.25, 0.3) is 0 Å². The highest BCUT2D eigenvalue weighted by Crippen LogP contribution is 2.22. The molecule has 1 saturated carbocycles. The molecule has 0 aromatic heterocycles. The number of amides is 1. The van der Waals surface area contributed by atoms with Crippen LogP contribution in [0.2, 0.25) is 0 Å². The summed E-state index contributed by atoms with van der Waals surface area (Å²) in [7, 11) is 0. The van der Waals surface area contributed by atoms with E-state index in [0.29, 0.717) is 12.3 Å². The zero-order valence-corrected chi connectivity index (χ0v) is 8.93. The normalized spacial score (nSPS) is 26.9. The Balaban J connectivity index is 2.21. The minimum Gasteiger partial charge on any atom is -0.353 e. The molecule has 0 saturated heterocycles. The molecule has 0 radical (unpaired) electrons. The molecule has 3 nitrogen and oxygen atoms in total. The fraction of sp³-hybridized carbons (Fsp3) is 0.800. The van der Waals surface area contributed by atoms with Gasteiger partial charge >= 0.3 is 0 Å². The van der Waals surface area contributed by atoms with Gasteiger partial charge in [0.05, 0.1) is 0 Å². The van der Waals surface area contributed by atoms with Crippen LogP contribution in [0.4, 0.5) is 0 Å². The average molecular weight is 218 g/mol. The Morgan fingerprint density at radius 1 is 1.36 bits per heavy atom. The Bertz CT molecular complexity index is 200. The summed E-state index contributed by atoms with van der Waals surface area (Å²) in [6.07, 6.45) is 5.03. The lowest BCUT2D eigenvalue weighted by atomic mass is 9.87. The lowest BCUT2D eigenvalue weighted by molar-refractivity contribution is -0.121. The van der Waals surface area contributed by atoms with Crippen molar-refractivity contribution in [1.29, 1.82) is 0 Å². The molecular formula is C10H16ClNO2. The summed E-state index contributed by atoms with van der Waals surface area (Å²) >= 11 is 5.45. The van der Waals surface area contributed by atoms with E-state index in [2.05, 4.69) is 5.32 Å². The molecule has 80 valence electrons. The van der Waals surface area contributed by atoms with Gasteiger partial charge in [-0.25, -0.2) is 0 Å². The van der Waals surface area contributed by atoms with E-state index in [1.807, 2.05) is 0 Å². The third kappa shape index (κ3) is 3.66. The summed E-state index contributed by atoms with van der Waals surface area (Å²) in [4.78, 5) is 21.7. The average Bonchev–Trinajstić information content (AvgIpc) is 2.19. The van der Waals surface area contributed by atoms with Gasteiger partial charge in [-0.3, -0.25) is 4.79 Å². The summed E-state index contributed by atoms with van der Waals surface area (Å²) in [6.45, 7) is 0. The van der Waals surface area contributed by atoms with Crippen LogP contribution in [-0.4, -0.2) is 24.1 Å². The Kier molecular flexibility index (Phi) is 4.94. The lowest BCUT2D eigenvalue weighted by Gasteiger charge is -2.26. The second-order valence-electron chi connectivity index (χ2n) is 3.75. The SMILES string of the molecule is O=CC1CCC(NC(=O)CCCl)CC1. The second-order valence-corrected chi connectivity index (χ2v) is 4.13. The van der Waals surface area contributed by atoms with Crippen molar-refractivity contribution in [2.75, 3.05) is 5.88 Å². The van der Waals surface area contributed by atoms with E-state index in [-0.39, 0.29) is 17.9 Å². The van der Waals surface area contributed by atoms with Crippen molar-refractivity contribution in [3.63, 3.8) is 0 Å². The van der Waals surface area contributed by atoms with Crippen LogP contribution in [0.25, 0.3) is 0 Å². The Hall–Kier alpha value is -0.570. The molecule has 0 bridgehead atoms. The molecule has 0 aliphatic heterocycles. The lowest BCUT2D eigenvalue weighted by Crippen LogP contribution is -2.37. The van der Waals surface area contributed by atoms with Crippen molar-refractivity contribution in [1.82, 2.24) is 5.32 Å². The number of carbonyl (C=O) groups is 2. The molecule has 0 unspecified atom stereocenters. The predicted octanol–water partition coefficient (Wildman–Crippen LogP) is 1.49. The molecule has 1 N–H and O–H groups in total. The van der Waals surface area contributed by atoms with Gasteiger partial charge in [0.2, 0.25) is 5.91 Å². The van der Waals surface area contributed by atoms with Gasteiger partial charge in [-0.15, -0.1) is 11.6 Å². The Morgan fingerprint density at radius 2 is 2.00 bits per heavy atom. The standard InChI is InChI=1S/C10H16ClNO2/c11-6-5-10(14)12-9-3-1-8(7-13)2-4-9/h7-9H,1-6H2,(H,12,14). The molecule has 0 heterocycles. The number of halogens is 1. The van der Waals surface area contributed by atoms with Gasteiger partial charge in [0.15, 0.2) is 0 Å². The van der Waals surface area contributed by atoms with Crippen LogP contribution in [0.5, 0.6) is 0 Å². The Morgan fingerprint density at radius 3 is 2.50 bits per heavy atom. The van der Waals surface area contributed by atoms with Gasteiger partial charge in [-0.2, -0.15) is 0 Å². The van der Waals surface area contributed by atoms with E-state index in [0.717, 1.165) is 32.0 Å². The molecule has 1 aliphatic rings. The quantitative estimate of drug-likeness (QED) is 0.573. The van der Waals surface area contributed by atoms with E-state index in [1.54, 1.807) is 0 Å². The molecular weight excluding hydrogens is 202 g/mol. The van der Waals surface area contributed by atoms with E-state index >= 15 is 0 Å². The maximum Gasteiger partial charge on any atom is 0.221 e. The minimum atomic E-state index is 0.0227. The number of hydrogen-bond acceptors (Lipinski definition) is 2. The third-order valence-corrected chi connectivity index (χ3v) is 2.84. The second kappa shape index (κ2) is 6.02. The zero-order valence-electron chi connectivity index (χ0n) is 8.17. The molecule has 0 aromatic carbocycles. The maximum absolute atomic E-state index is 11.2. The first-order chi connectivity index (χ1) is 6.76. The highest BCUT2D eigenvalue weighted by atomic mass is 35.5. The van der Waals surface area contributed by atoms with Crippen LogP contribution in [0.15, 0.2) is 0 Å². The first kappa shape index (κ1) is 11.5. The van der Waals surface area contributed by atoms with Crippen LogP contribution in [-0.2, 0) is 9.59 Å². The molecule has 1 rings (SSSR count). The zero-order chi connectivity index (χ0) is 10.4. The van der Waals surface area contributed by atoms with E-state index in [9.17, 15) is 9.59 Å². The fourth-order valence-electron chi connectivity index (χ4n) is 1.79. The van der Waals surface area contributed by atoms with E-state index in [1.165, 1.54) is 0 Å². The van der Waals surface area contributed by atoms with Crippen LogP contribution in [0, 0.1) is 5.92 Å². The first-order valence-corrected chi connectivity index (χ1v) is 5.60.